The molecule has 2 aromatic rings. The summed E-state index contributed by atoms with van der Waals surface area (Å²) in [4.78, 5) is 14.0. The summed E-state index contributed by atoms with van der Waals surface area (Å²) in [5.74, 6) is -2.08. The van der Waals surface area contributed by atoms with Crippen LogP contribution >= 0.6 is 0 Å². The van der Waals surface area contributed by atoms with Gasteiger partial charge in [0, 0.05) is 44.7 Å². The molecule has 0 spiro atoms. The molecule has 1 aliphatic heterocycles. The lowest BCUT2D eigenvalue weighted by Crippen LogP contribution is -2.40. The second-order valence-electron chi connectivity index (χ2n) is 7.47. The maximum atomic E-state index is 13.5. The number of halogens is 5. The molecular formula is C21H23F5N2O2. The average molecular weight is 430 g/mol. The minimum Gasteiger partial charge on any atom is -0.497 e. The highest BCUT2D eigenvalue weighted by molar-refractivity contribution is 5.30. The Labute approximate surface area is 170 Å². The number of ether oxygens (including phenoxy) is 1. The first-order valence-electron chi connectivity index (χ1n) is 9.61. The van der Waals surface area contributed by atoms with E-state index in [1.165, 1.54) is 17.9 Å². The van der Waals surface area contributed by atoms with Gasteiger partial charge in [0.2, 0.25) is 0 Å². The lowest BCUT2D eigenvalue weighted by atomic mass is 10.0. The highest BCUT2D eigenvalue weighted by Crippen LogP contribution is 2.32. The molecule has 2 heterocycles. The summed E-state index contributed by atoms with van der Waals surface area (Å²) in [6.07, 6.45) is -4.01. The molecule has 164 valence electrons. The molecule has 30 heavy (non-hydrogen) atoms. The molecule has 1 fully saturated rings. The molecule has 1 aliphatic rings. The van der Waals surface area contributed by atoms with Crippen molar-refractivity contribution in [2.45, 2.75) is 37.9 Å². The van der Waals surface area contributed by atoms with Gasteiger partial charge in [-0.3, -0.25) is 4.79 Å². The molecule has 1 saturated heterocycles. The van der Waals surface area contributed by atoms with Gasteiger partial charge in [-0.1, -0.05) is 12.1 Å². The lowest BCUT2D eigenvalue weighted by Gasteiger charge is -2.31. The summed E-state index contributed by atoms with van der Waals surface area (Å²) in [6.45, 7) is 0.615. The van der Waals surface area contributed by atoms with Gasteiger partial charge in [-0.25, -0.2) is 8.78 Å². The number of piperidine rings is 1. The van der Waals surface area contributed by atoms with Gasteiger partial charge < -0.3 is 14.2 Å². The highest BCUT2D eigenvalue weighted by Gasteiger charge is 2.36. The van der Waals surface area contributed by atoms with Crippen LogP contribution in [0.5, 0.6) is 5.75 Å². The molecule has 0 amide bonds. The van der Waals surface area contributed by atoms with Crippen molar-refractivity contribution in [2.24, 2.45) is 0 Å². The summed E-state index contributed by atoms with van der Waals surface area (Å²) in [6, 6.07) is 7.49. The summed E-state index contributed by atoms with van der Waals surface area (Å²) >= 11 is 0. The second kappa shape index (κ2) is 8.75. The van der Waals surface area contributed by atoms with E-state index < -0.39 is 23.2 Å². The van der Waals surface area contributed by atoms with Crippen LogP contribution in [0.25, 0.3) is 0 Å². The van der Waals surface area contributed by atoms with Crippen LogP contribution in [-0.4, -0.2) is 42.1 Å². The van der Waals surface area contributed by atoms with Crippen LogP contribution in [0.4, 0.5) is 22.0 Å². The Morgan fingerprint density at radius 2 is 1.73 bits per heavy atom. The van der Waals surface area contributed by atoms with E-state index in [1.54, 1.807) is 29.2 Å². The molecular weight excluding hydrogens is 407 g/mol. The van der Waals surface area contributed by atoms with E-state index in [0.717, 1.165) is 5.56 Å². The standard InChI is InChI=1S/C21H23F5N2O2/c1-30-17-4-2-15(3-5-17)13-28-14-16(18(12-19(28)29)21(24,25)26)6-9-27-10-7-20(22,23)8-11-27/h2-5,12,14H,6-11,13H2,1H3. The van der Waals surface area contributed by atoms with Crippen LogP contribution < -0.4 is 10.3 Å². The molecule has 1 aromatic heterocycles. The smallest absolute Gasteiger partial charge is 0.416 e. The van der Waals surface area contributed by atoms with Crippen molar-refractivity contribution in [3.05, 3.63) is 63.6 Å². The normalized spacial score (nSPS) is 17.1. The van der Waals surface area contributed by atoms with Gasteiger partial charge in [0.15, 0.2) is 0 Å². The third-order valence-corrected chi connectivity index (χ3v) is 5.31. The molecule has 0 unspecified atom stereocenters. The van der Waals surface area contributed by atoms with Crippen molar-refractivity contribution in [3.8, 4) is 5.75 Å². The molecule has 0 saturated carbocycles. The van der Waals surface area contributed by atoms with Crippen LogP contribution in [0.1, 0.15) is 29.5 Å². The predicted octanol–water partition coefficient (Wildman–Crippen LogP) is 4.20. The molecule has 0 atom stereocenters. The van der Waals surface area contributed by atoms with Crippen molar-refractivity contribution in [1.29, 1.82) is 0 Å². The predicted molar refractivity (Wildman–Crippen MR) is 102 cm³/mol. The number of benzene rings is 1. The molecule has 3 rings (SSSR count). The maximum absolute atomic E-state index is 13.5. The molecule has 4 nitrogen and oxygen atoms in total. The zero-order valence-corrected chi connectivity index (χ0v) is 16.5. The number of pyridine rings is 1. The topological polar surface area (TPSA) is 34.5 Å². The zero-order chi connectivity index (χ0) is 21.9. The molecule has 9 heteroatoms. The van der Waals surface area contributed by atoms with Gasteiger partial charge in [0.05, 0.1) is 19.2 Å². The molecule has 0 N–H and O–H groups in total. The fraction of sp³-hybridized carbons (Fsp3) is 0.476. The largest absolute Gasteiger partial charge is 0.497 e. The van der Waals surface area contributed by atoms with Gasteiger partial charge in [-0.05, 0) is 29.7 Å². The quantitative estimate of drug-likeness (QED) is 0.645. The number of alkyl halides is 5. The number of methoxy groups -OCH3 is 1. The number of aromatic nitrogens is 1. The molecule has 0 aliphatic carbocycles. The van der Waals surface area contributed by atoms with Crippen molar-refractivity contribution in [1.82, 2.24) is 9.47 Å². The Hall–Kier alpha value is -2.42. The first kappa shape index (κ1) is 22.3. The van der Waals surface area contributed by atoms with E-state index in [4.69, 9.17) is 4.74 Å². The van der Waals surface area contributed by atoms with E-state index in [-0.39, 0.29) is 51.0 Å². The maximum Gasteiger partial charge on any atom is 0.416 e. The number of rotatable bonds is 6. The first-order valence-corrected chi connectivity index (χ1v) is 9.61. The highest BCUT2D eigenvalue weighted by atomic mass is 19.4. The second-order valence-corrected chi connectivity index (χ2v) is 7.47. The summed E-state index contributed by atoms with van der Waals surface area (Å²) in [5, 5.41) is 0. The Morgan fingerprint density at radius 3 is 2.30 bits per heavy atom. The van der Waals surface area contributed by atoms with Crippen molar-refractivity contribution >= 4 is 0 Å². The summed E-state index contributed by atoms with van der Waals surface area (Å²) in [7, 11) is 1.52. The Balaban J connectivity index is 1.80. The van der Waals surface area contributed by atoms with E-state index >= 15 is 0 Å². The third-order valence-electron chi connectivity index (χ3n) is 5.31. The fourth-order valence-electron chi connectivity index (χ4n) is 3.52. The fourth-order valence-corrected chi connectivity index (χ4v) is 3.52. The first-order chi connectivity index (χ1) is 14.1. The van der Waals surface area contributed by atoms with Gasteiger partial charge in [0.1, 0.15) is 5.75 Å². The Morgan fingerprint density at radius 1 is 1.10 bits per heavy atom. The summed E-state index contributed by atoms with van der Waals surface area (Å²) < 4.78 is 73.3. The number of likely N-dealkylation sites (tertiary alicyclic amines) is 1. The third kappa shape index (κ3) is 5.59. The van der Waals surface area contributed by atoms with E-state index in [0.29, 0.717) is 11.8 Å². The van der Waals surface area contributed by atoms with Crippen molar-refractivity contribution in [3.63, 3.8) is 0 Å². The molecule has 1 aromatic carbocycles. The van der Waals surface area contributed by atoms with Crippen LogP contribution in [0.3, 0.4) is 0 Å². The van der Waals surface area contributed by atoms with Gasteiger partial charge in [0.25, 0.3) is 11.5 Å². The number of hydrogen-bond acceptors (Lipinski definition) is 3. The van der Waals surface area contributed by atoms with Crippen molar-refractivity contribution in [2.75, 3.05) is 26.7 Å². The monoisotopic (exact) mass is 430 g/mol. The Kier molecular flexibility index (Phi) is 6.50. The van der Waals surface area contributed by atoms with E-state index in [2.05, 4.69) is 0 Å². The van der Waals surface area contributed by atoms with Gasteiger partial charge in [-0.15, -0.1) is 0 Å². The van der Waals surface area contributed by atoms with Crippen LogP contribution in [-0.2, 0) is 19.1 Å². The Bertz CT molecular complexity index is 912. The molecule has 0 bridgehead atoms. The lowest BCUT2D eigenvalue weighted by molar-refractivity contribution is -0.138. The minimum atomic E-state index is -4.66. The van der Waals surface area contributed by atoms with Crippen molar-refractivity contribution < 1.29 is 26.7 Å². The van der Waals surface area contributed by atoms with E-state index in [9.17, 15) is 26.7 Å². The van der Waals surface area contributed by atoms with Crippen LogP contribution in [0.2, 0.25) is 0 Å². The number of nitrogens with zero attached hydrogens (tertiary/aromatic N) is 2. The van der Waals surface area contributed by atoms with Gasteiger partial charge in [-0.2, -0.15) is 13.2 Å². The zero-order valence-electron chi connectivity index (χ0n) is 16.5. The van der Waals surface area contributed by atoms with Crippen LogP contribution in [0, 0.1) is 0 Å². The molecule has 0 radical (unpaired) electrons. The van der Waals surface area contributed by atoms with Gasteiger partial charge >= 0.3 is 6.18 Å². The van der Waals surface area contributed by atoms with E-state index in [1.807, 2.05) is 0 Å². The summed E-state index contributed by atoms with van der Waals surface area (Å²) in [5.41, 5.74) is -1.00. The number of hydrogen-bond donors (Lipinski definition) is 0. The van der Waals surface area contributed by atoms with Crippen LogP contribution in [0.15, 0.2) is 41.3 Å². The minimum absolute atomic E-state index is 0.0172. The SMILES string of the molecule is COc1ccc(Cn2cc(CCN3CCC(F)(F)CC3)c(C(F)(F)F)cc2=O)cc1. The average Bonchev–Trinajstić information content (AvgIpc) is 2.69.